The van der Waals surface area contributed by atoms with E-state index in [0.717, 1.165) is 44.3 Å². The molecule has 0 aliphatic heterocycles. The Labute approximate surface area is 399 Å². The van der Waals surface area contributed by atoms with E-state index < -0.39 is 35.6 Å². The van der Waals surface area contributed by atoms with Crippen LogP contribution in [0.2, 0.25) is 0 Å². The number of amides is 5. The molecule has 362 valence electrons. The molecule has 5 amide bonds. The summed E-state index contributed by atoms with van der Waals surface area (Å²) in [6.07, 6.45) is 7.67. The van der Waals surface area contributed by atoms with Gasteiger partial charge in [0.2, 0.25) is 23.6 Å². The number of carbonyl (C=O) groups excluding carboxylic acids is 6. The molecule has 0 aliphatic carbocycles. The summed E-state index contributed by atoms with van der Waals surface area (Å²) in [4.78, 5) is 82.9. The van der Waals surface area contributed by atoms with Crippen molar-refractivity contribution in [3.8, 4) is 0 Å². The molecule has 2 atom stereocenters. The van der Waals surface area contributed by atoms with Gasteiger partial charge in [-0.05, 0) is 88.7 Å². The van der Waals surface area contributed by atoms with Crippen molar-refractivity contribution in [2.24, 2.45) is 0 Å². The van der Waals surface area contributed by atoms with E-state index in [0.29, 0.717) is 38.6 Å². The predicted molar refractivity (Wildman–Crippen MR) is 266 cm³/mol. The monoisotopic (exact) mass is 928 g/mol. The number of benzene rings is 3. The summed E-state index contributed by atoms with van der Waals surface area (Å²) in [5.41, 5.74) is 3.01. The van der Waals surface area contributed by atoms with Crippen molar-refractivity contribution < 1.29 is 33.5 Å². The van der Waals surface area contributed by atoms with Crippen molar-refractivity contribution in [3.05, 3.63) is 108 Å². The molecule has 0 unspecified atom stereocenters. The van der Waals surface area contributed by atoms with Crippen LogP contribution in [0.25, 0.3) is 0 Å². The van der Waals surface area contributed by atoms with Gasteiger partial charge in [0.05, 0.1) is 4.75 Å². The summed E-state index contributed by atoms with van der Waals surface area (Å²) in [6, 6.07) is 29.9. The minimum atomic E-state index is -1.10. The normalized spacial score (nSPS) is 12.4. The highest BCUT2D eigenvalue weighted by Gasteiger charge is 2.37. The highest BCUT2D eigenvalue weighted by Crippen LogP contribution is 2.48. The highest BCUT2D eigenvalue weighted by atomic mass is 32.2. The Morgan fingerprint density at radius 3 is 1.67 bits per heavy atom. The first-order chi connectivity index (χ1) is 31.5. The lowest BCUT2D eigenvalue weighted by Crippen LogP contribution is -2.55. The quantitative estimate of drug-likeness (QED) is 0.0518. The zero-order valence-electron chi connectivity index (χ0n) is 40.9. The molecule has 0 heterocycles. The van der Waals surface area contributed by atoms with Gasteiger partial charge in [0.1, 0.15) is 23.5 Å². The molecule has 66 heavy (non-hydrogen) atoms. The van der Waals surface area contributed by atoms with Crippen molar-refractivity contribution >= 4 is 47.3 Å². The van der Waals surface area contributed by atoms with Crippen molar-refractivity contribution in [1.29, 1.82) is 0 Å². The largest absolute Gasteiger partial charge is 0.444 e. The number of hydrogen-bond donors (Lipinski definition) is 2. The smallest absolute Gasteiger partial charge is 0.410 e. The zero-order chi connectivity index (χ0) is 48.5. The maximum atomic E-state index is 14.1. The number of rotatable bonds is 29. The van der Waals surface area contributed by atoms with Crippen molar-refractivity contribution in [1.82, 2.24) is 25.3 Å². The molecule has 0 saturated carbocycles. The highest BCUT2D eigenvalue weighted by molar-refractivity contribution is 8.00. The minimum Gasteiger partial charge on any atom is -0.444 e. The van der Waals surface area contributed by atoms with Crippen LogP contribution in [0.1, 0.15) is 135 Å². The second kappa shape index (κ2) is 28.8. The van der Waals surface area contributed by atoms with Gasteiger partial charge in [0.25, 0.3) is 0 Å². The average Bonchev–Trinajstić information content (AvgIpc) is 3.30. The summed E-state index contributed by atoms with van der Waals surface area (Å²) in [6.45, 7) is 9.53. The Kier molecular flexibility index (Phi) is 24.0. The summed E-state index contributed by atoms with van der Waals surface area (Å²) in [5.74, 6) is -0.536. The SMILES string of the molecule is CCCCCCC(=O)N[C@@H](CCCCNC(=O)CCCCCSC(c1ccccc1)(c1ccccc1)c1ccccc1)C(=O)N(C)[C@@H](CC(C)=O)C(=O)N(C)CCN(C)C(=O)OC(C)(C)C. The molecule has 0 saturated heterocycles. The van der Waals surface area contributed by atoms with E-state index in [2.05, 4.69) is 90.4 Å². The van der Waals surface area contributed by atoms with Crippen LogP contribution in [0.5, 0.6) is 0 Å². The number of ether oxygens (including phenoxy) is 1. The zero-order valence-corrected chi connectivity index (χ0v) is 41.8. The van der Waals surface area contributed by atoms with Gasteiger partial charge >= 0.3 is 6.09 Å². The molecule has 2 N–H and O–H groups in total. The fourth-order valence-corrected chi connectivity index (χ4v) is 9.30. The van der Waals surface area contributed by atoms with Crippen molar-refractivity contribution in [2.45, 2.75) is 141 Å². The van der Waals surface area contributed by atoms with Crippen molar-refractivity contribution in [2.75, 3.05) is 46.5 Å². The molecule has 0 fully saturated rings. The minimum absolute atomic E-state index is 0.0189. The Morgan fingerprint density at radius 2 is 1.15 bits per heavy atom. The maximum absolute atomic E-state index is 14.1. The van der Waals surface area contributed by atoms with Gasteiger partial charge in [-0.2, -0.15) is 0 Å². The van der Waals surface area contributed by atoms with Crippen LogP contribution in [0, 0.1) is 0 Å². The summed E-state index contributed by atoms with van der Waals surface area (Å²) < 4.78 is 5.04. The van der Waals surface area contributed by atoms with Crippen LogP contribution in [0.15, 0.2) is 91.0 Å². The number of nitrogens with one attached hydrogen (secondary N) is 2. The number of nitrogens with zero attached hydrogens (tertiary/aromatic N) is 3. The molecule has 3 rings (SSSR count). The topological polar surface area (TPSA) is 145 Å². The fraction of sp³-hybridized carbons (Fsp3) is 0.547. The standard InChI is InChI=1S/C53H77N5O7S/c1-9-10-11-22-35-48(61)55-45(49(62)58(8)46(40-41(2)59)50(63)56(6)37-38-57(7)51(64)65-52(3,4)5)33-24-25-36-54-47(60)34-23-15-26-39-66-53(42-27-16-12-17-28-42,43-29-18-13-19-30-43)44-31-20-14-21-32-44/h12-14,16-21,27-32,45-46H,9-11,15,22-26,33-40H2,1-8H3,(H,54,60)(H,55,61)/t45-,46-/m0/s1. The Bertz CT molecular complexity index is 1850. The first kappa shape index (κ1) is 55.2. The van der Waals surface area contributed by atoms with Crippen LogP contribution >= 0.6 is 11.8 Å². The second-order valence-electron chi connectivity index (χ2n) is 18.2. The number of hydrogen-bond acceptors (Lipinski definition) is 8. The number of unbranched alkanes of at least 4 members (excludes halogenated alkanes) is 6. The molecule has 3 aromatic carbocycles. The Morgan fingerprint density at radius 1 is 0.636 bits per heavy atom. The van der Waals surface area contributed by atoms with Gasteiger partial charge in [0.15, 0.2) is 0 Å². The molecule has 0 radical (unpaired) electrons. The molecule has 13 heteroatoms. The van der Waals surface area contributed by atoms with Crippen LogP contribution in [0.3, 0.4) is 0 Å². The maximum Gasteiger partial charge on any atom is 0.410 e. The lowest BCUT2D eigenvalue weighted by Gasteiger charge is -2.35. The number of carbonyl (C=O) groups is 6. The lowest BCUT2D eigenvalue weighted by molar-refractivity contribution is -0.147. The third-order valence-corrected chi connectivity index (χ3v) is 13.1. The number of ketones is 1. The fourth-order valence-electron chi connectivity index (χ4n) is 7.74. The molecule has 0 spiro atoms. The predicted octanol–water partition coefficient (Wildman–Crippen LogP) is 9.15. The van der Waals surface area contributed by atoms with Gasteiger partial charge < -0.3 is 30.1 Å². The van der Waals surface area contributed by atoms with Crippen LogP contribution < -0.4 is 10.6 Å². The van der Waals surface area contributed by atoms with Crippen molar-refractivity contribution in [3.63, 3.8) is 0 Å². The molecule has 12 nitrogen and oxygen atoms in total. The van der Waals surface area contributed by atoms with Crippen LogP contribution in [-0.2, 0) is 33.5 Å². The average molecular weight is 928 g/mol. The Balaban J connectivity index is 1.55. The molecular formula is C53H77N5O7S. The number of thioether (sulfide) groups is 1. The van der Waals surface area contributed by atoms with Gasteiger partial charge in [-0.3, -0.25) is 24.0 Å². The van der Waals surface area contributed by atoms with E-state index in [1.54, 1.807) is 34.9 Å². The van der Waals surface area contributed by atoms with E-state index in [1.165, 1.54) is 45.4 Å². The van der Waals surface area contributed by atoms with Gasteiger partial charge in [0, 0.05) is 60.0 Å². The second-order valence-corrected chi connectivity index (χ2v) is 19.6. The van der Waals surface area contributed by atoms with E-state index >= 15 is 0 Å². The van der Waals surface area contributed by atoms with E-state index in [-0.39, 0.29) is 48.3 Å². The molecule has 3 aromatic rings. The Hall–Kier alpha value is -5.17. The van der Waals surface area contributed by atoms with Gasteiger partial charge in [-0.1, -0.05) is 124 Å². The third-order valence-electron chi connectivity index (χ3n) is 11.5. The van der Waals surface area contributed by atoms with E-state index in [9.17, 15) is 28.8 Å². The first-order valence-corrected chi connectivity index (χ1v) is 24.8. The summed E-state index contributed by atoms with van der Waals surface area (Å²) in [5, 5.41) is 5.94. The molecule has 0 aromatic heterocycles. The molecular weight excluding hydrogens is 851 g/mol. The first-order valence-electron chi connectivity index (χ1n) is 23.8. The van der Waals surface area contributed by atoms with Gasteiger partial charge in [-0.25, -0.2) is 4.79 Å². The lowest BCUT2D eigenvalue weighted by atomic mass is 9.84. The number of likely N-dealkylation sites (N-methyl/N-ethyl adjacent to an activating group) is 3. The van der Waals surface area contributed by atoms with Crippen LogP contribution in [0.4, 0.5) is 4.79 Å². The van der Waals surface area contributed by atoms with Gasteiger partial charge in [-0.15, -0.1) is 11.8 Å². The molecule has 0 bridgehead atoms. The summed E-state index contributed by atoms with van der Waals surface area (Å²) in [7, 11) is 4.63. The summed E-state index contributed by atoms with van der Waals surface area (Å²) >= 11 is 1.93. The van der Waals surface area contributed by atoms with E-state index in [1.807, 2.05) is 30.0 Å². The number of Topliss-reactive ketones (excluding diaryl/α,β-unsaturated/α-hetero) is 1. The third kappa shape index (κ3) is 18.6. The van der Waals surface area contributed by atoms with E-state index in [4.69, 9.17) is 4.74 Å². The van der Waals surface area contributed by atoms with Crippen LogP contribution in [-0.4, -0.2) is 114 Å². The molecule has 0 aliphatic rings.